The number of ether oxygens (including phenoxy) is 1. The van der Waals surface area contributed by atoms with Crippen LogP contribution in [0.5, 0.6) is 0 Å². The van der Waals surface area contributed by atoms with E-state index in [9.17, 15) is 8.42 Å². The molecule has 0 aromatic heterocycles. The maximum Gasteiger partial charge on any atom is 0.150 e. The molecular formula is C26H56NO3S+. The van der Waals surface area contributed by atoms with Gasteiger partial charge in [-0.3, -0.25) is 0 Å². The SMILES string of the molecule is CCCCCCCCCCCCCCCCS(=O)(=O)CC(CCC[N+](C)(C)C)COC. The second-order valence-electron chi connectivity index (χ2n) is 10.7. The fraction of sp³-hybridized carbons (Fsp3) is 1.00. The van der Waals surface area contributed by atoms with Crippen molar-refractivity contribution in [3.05, 3.63) is 0 Å². The number of methoxy groups -OCH3 is 1. The lowest BCUT2D eigenvalue weighted by atomic mass is 10.0. The van der Waals surface area contributed by atoms with E-state index in [0.29, 0.717) is 12.4 Å². The molecule has 0 spiro atoms. The Morgan fingerprint density at radius 3 is 1.58 bits per heavy atom. The van der Waals surface area contributed by atoms with Crippen LogP contribution in [-0.2, 0) is 14.6 Å². The summed E-state index contributed by atoms with van der Waals surface area (Å²) in [6.07, 6.45) is 20.1. The van der Waals surface area contributed by atoms with Gasteiger partial charge in [0.1, 0.15) is 0 Å². The van der Waals surface area contributed by atoms with Crippen LogP contribution in [0.15, 0.2) is 0 Å². The normalized spacial score (nSPS) is 13.6. The van der Waals surface area contributed by atoms with Gasteiger partial charge in [0.25, 0.3) is 0 Å². The molecule has 0 saturated heterocycles. The number of nitrogens with zero attached hydrogens (tertiary/aromatic N) is 1. The van der Waals surface area contributed by atoms with E-state index in [1.54, 1.807) is 7.11 Å². The van der Waals surface area contributed by atoms with E-state index < -0.39 is 9.84 Å². The monoisotopic (exact) mass is 462 g/mol. The van der Waals surface area contributed by atoms with Crippen molar-refractivity contribution in [2.75, 3.05) is 52.9 Å². The second kappa shape index (κ2) is 19.3. The Morgan fingerprint density at radius 1 is 0.710 bits per heavy atom. The van der Waals surface area contributed by atoms with Crippen molar-refractivity contribution in [2.24, 2.45) is 5.92 Å². The Bertz CT molecular complexity index is 485. The average Bonchev–Trinajstić information content (AvgIpc) is 2.67. The maximum absolute atomic E-state index is 12.5. The van der Waals surface area contributed by atoms with E-state index in [1.165, 1.54) is 77.0 Å². The highest BCUT2D eigenvalue weighted by Crippen LogP contribution is 2.16. The van der Waals surface area contributed by atoms with Crippen molar-refractivity contribution in [2.45, 2.75) is 110 Å². The van der Waals surface area contributed by atoms with Gasteiger partial charge in [-0.05, 0) is 25.2 Å². The van der Waals surface area contributed by atoms with Gasteiger partial charge in [-0.25, -0.2) is 8.42 Å². The average molecular weight is 463 g/mol. The molecular weight excluding hydrogens is 406 g/mol. The first kappa shape index (κ1) is 30.9. The number of rotatable bonds is 23. The highest BCUT2D eigenvalue weighted by atomic mass is 32.2. The smallest absolute Gasteiger partial charge is 0.150 e. The Labute approximate surface area is 196 Å². The molecule has 0 heterocycles. The molecule has 1 atom stereocenters. The zero-order valence-electron chi connectivity index (χ0n) is 21.8. The molecule has 0 aliphatic rings. The van der Waals surface area contributed by atoms with E-state index in [-0.39, 0.29) is 11.7 Å². The van der Waals surface area contributed by atoms with E-state index in [2.05, 4.69) is 28.1 Å². The van der Waals surface area contributed by atoms with Gasteiger partial charge in [-0.1, -0.05) is 90.4 Å². The Hall–Kier alpha value is -0.130. The molecule has 31 heavy (non-hydrogen) atoms. The zero-order valence-corrected chi connectivity index (χ0v) is 22.6. The highest BCUT2D eigenvalue weighted by Gasteiger charge is 2.20. The lowest BCUT2D eigenvalue weighted by Gasteiger charge is -2.25. The van der Waals surface area contributed by atoms with Crippen LogP contribution in [0.3, 0.4) is 0 Å². The highest BCUT2D eigenvalue weighted by molar-refractivity contribution is 7.91. The van der Waals surface area contributed by atoms with Crippen LogP contribution < -0.4 is 0 Å². The molecule has 5 heteroatoms. The first-order valence-electron chi connectivity index (χ1n) is 13.2. The number of quaternary nitrogens is 1. The predicted octanol–water partition coefficient (Wildman–Crippen LogP) is 6.63. The van der Waals surface area contributed by atoms with Crippen LogP contribution in [0, 0.1) is 5.92 Å². The standard InChI is InChI=1S/C26H56NO3S/c1-6-7-8-9-10-11-12-13-14-15-16-17-18-19-23-31(28,29)25-26(24-30-5)21-20-22-27(2,3)4/h26H,6-25H2,1-5H3/q+1. The van der Waals surface area contributed by atoms with Gasteiger partial charge in [0.15, 0.2) is 9.84 Å². The molecule has 1 unspecified atom stereocenters. The number of hydrogen-bond donors (Lipinski definition) is 0. The number of hydrogen-bond acceptors (Lipinski definition) is 3. The van der Waals surface area contributed by atoms with E-state index in [0.717, 1.165) is 36.7 Å². The third kappa shape index (κ3) is 22.8. The summed E-state index contributed by atoms with van der Waals surface area (Å²) in [5, 5.41) is 0. The summed E-state index contributed by atoms with van der Waals surface area (Å²) >= 11 is 0. The van der Waals surface area contributed by atoms with Gasteiger partial charge in [0.05, 0.1) is 39.2 Å². The molecule has 0 aromatic carbocycles. The third-order valence-corrected chi connectivity index (χ3v) is 8.03. The minimum absolute atomic E-state index is 0.133. The topological polar surface area (TPSA) is 43.4 Å². The van der Waals surface area contributed by atoms with Gasteiger partial charge in [0.2, 0.25) is 0 Å². The molecule has 0 aromatic rings. The summed E-state index contributed by atoms with van der Waals surface area (Å²) in [5.41, 5.74) is 0. The van der Waals surface area contributed by atoms with Gasteiger partial charge in [-0.2, -0.15) is 0 Å². The third-order valence-electron chi connectivity index (χ3n) is 6.14. The summed E-state index contributed by atoms with van der Waals surface area (Å²) in [6.45, 7) is 3.89. The van der Waals surface area contributed by atoms with Crippen LogP contribution in [0.2, 0.25) is 0 Å². The summed E-state index contributed by atoms with van der Waals surface area (Å²) < 4.78 is 31.3. The first-order valence-corrected chi connectivity index (χ1v) is 15.0. The summed E-state index contributed by atoms with van der Waals surface area (Å²) in [5.74, 6) is 0.769. The number of unbranched alkanes of at least 4 members (excludes halogenated alkanes) is 13. The second-order valence-corrected chi connectivity index (χ2v) is 12.9. The quantitative estimate of drug-likeness (QED) is 0.126. The minimum Gasteiger partial charge on any atom is -0.384 e. The van der Waals surface area contributed by atoms with Gasteiger partial charge >= 0.3 is 0 Å². The van der Waals surface area contributed by atoms with Crippen LogP contribution in [-0.4, -0.2) is 65.8 Å². The minimum atomic E-state index is -2.97. The van der Waals surface area contributed by atoms with Crippen molar-refractivity contribution in [3.8, 4) is 0 Å². The van der Waals surface area contributed by atoms with Crippen molar-refractivity contribution < 1.29 is 17.6 Å². The van der Waals surface area contributed by atoms with Crippen molar-refractivity contribution >= 4 is 9.84 Å². The summed E-state index contributed by atoms with van der Waals surface area (Å²) in [6, 6.07) is 0. The lowest BCUT2D eigenvalue weighted by Crippen LogP contribution is -2.35. The molecule has 0 bridgehead atoms. The fourth-order valence-corrected chi connectivity index (χ4v) is 6.06. The Balaban J connectivity index is 3.73. The lowest BCUT2D eigenvalue weighted by molar-refractivity contribution is -0.870. The molecule has 4 nitrogen and oxygen atoms in total. The van der Waals surface area contributed by atoms with Crippen LogP contribution >= 0.6 is 0 Å². The molecule has 0 radical (unpaired) electrons. The van der Waals surface area contributed by atoms with Gasteiger partial charge < -0.3 is 9.22 Å². The van der Waals surface area contributed by atoms with Crippen LogP contribution in [0.4, 0.5) is 0 Å². The van der Waals surface area contributed by atoms with Gasteiger partial charge in [-0.15, -0.1) is 0 Å². The Kier molecular flexibility index (Phi) is 19.3. The van der Waals surface area contributed by atoms with Crippen molar-refractivity contribution in [1.29, 1.82) is 0 Å². The van der Waals surface area contributed by atoms with E-state index >= 15 is 0 Å². The number of sulfone groups is 1. The largest absolute Gasteiger partial charge is 0.384 e. The molecule has 0 amide bonds. The van der Waals surface area contributed by atoms with Gasteiger partial charge in [0, 0.05) is 13.7 Å². The molecule has 188 valence electrons. The zero-order chi connectivity index (χ0) is 23.4. The van der Waals surface area contributed by atoms with Crippen LogP contribution in [0.25, 0.3) is 0 Å². The Morgan fingerprint density at radius 2 is 1.16 bits per heavy atom. The van der Waals surface area contributed by atoms with E-state index in [1.807, 2.05) is 0 Å². The molecule has 0 aliphatic carbocycles. The van der Waals surface area contributed by atoms with E-state index in [4.69, 9.17) is 4.74 Å². The maximum atomic E-state index is 12.5. The fourth-order valence-electron chi connectivity index (χ4n) is 4.26. The van der Waals surface area contributed by atoms with Crippen LogP contribution in [0.1, 0.15) is 110 Å². The molecule has 0 fully saturated rings. The predicted molar refractivity (Wildman–Crippen MR) is 136 cm³/mol. The first-order chi connectivity index (χ1) is 14.7. The molecule has 0 saturated carbocycles. The molecule has 0 N–H and O–H groups in total. The molecule has 0 aliphatic heterocycles. The van der Waals surface area contributed by atoms with Crippen molar-refractivity contribution in [3.63, 3.8) is 0 Å². The summed E-state index contributed by atoms with van der Waals surface area (Å²) in [4.78, 5) is 0. The van der Waals surface area contributed by atoms with Crippen molar-refractivity contribution in [1.82, 2.24) is 0 Å². The summed E-state index contributed by atoms with van der Waals surface area (Å²) in [7, 11) is 5.24. The molecule has 0 rings (SSSR count).